The van der Waals surface area contributed by atoms with Crippen molar-refractivity contribution in [3.63, 3.8) is 0 Å². The third kappa shape index (κ3) is 14.9. The van der Waals surface area contributed by atoms with Crippen LogP contribution in [0.3, 0.4) is 0 Å². The standard InChI is InChI=1S/C26H48O6S/c1-8-22(6)30-15-12-10-11-13-24(28)26(7,9-2)32-17-16-31-25(29)21(5)19-33-18-14-23(27)20(3)4/h21-23,27H,3,8-19H2,1-2,4-7H3. The summed E-state index contributed by atoms with van der Waals surface area (Å²) in [6.07, 6.45) is 5.26. The largest absolute Gasteiger partial charge is 0.463 e. The van der Waals surface area contributed by atoms with Crippen LogP contribution in [-0.2, 0) is 23.8 Å². The van der Waals surface area contributed by atoms with Gasteiger partial charge in [0, 0.05) is 18.8 Å². The summed E-state index contributed by atoms with van der Waals surface area (Å²) in [7, 11) is 0. The molecule has 0 rings (SSSR count). The molecule has 0 aromatic carbocycles. The van der Waals surface area contributed by atoms with E-state index < -0.39 is 11.7 Å². The van der Waals surface area contributed by atoms with Gasteiger partial charge in [0.1, 0.15) is 12.2 Å². The number of carbonyl (C=O) groups is 2. The number of ether oxygens (including phenoxy) is 3. The Morgan fingerprint density at radius 3 is 2.39 bits per heavy atom. The Morgan fingerprint density at radius 1 is 1.09 bits per heavy atom. The van der Waals surface area contributed by atoms with Crippen molar-refractivity contribution >= 4 is 23.5 Å². The van der Waals surface area contributed by atoms with Crippen LogP contribution in [0, 0.1) is 5.92 Å². The molecule has 194 valence electrons. The summed E-state index contributed by atoms with van der Waals surface area (Å²) in [4.78, 5) is 24.8. The minimum Gasteiger partial charge on any atom is -0.463 e. The van der Waals surface area contributed by atoms with Crippen molar-refractivity contribution in [3.05, 3.63) is 12.2 Å². The molecular weight excluding hydrogens is 440 g/mol. The Bertz CT molecular complexity index is 567. The molecule has 0 heterocycles. The molecule has 0 amide bonds. The van der Waals surface area contributed by atoms with Crippen LogP contribution in [-0.4, -0.2) is 66.0 Å². The Hall–Kier alpha value is -0.890. The van der Waals surface area contributed by atoms with Gasteiger partial charge in [-0.15, -0.1) is 0 Å². The number of hydrogen-bond donors (Lipinski definition) is 1. The van der Waals surface area contributed by atoms with E-state index in [0.29, 0.717) is 31.1 Å². The van der Waals surface area contributed by atoms with E-state index in [9.17, 15) is 14.7 Å². The van der Waals surface area contributed by atoms with Crippen LogP contribution in [0.25, 0.3) is 0 Å². The normalized spacial score (nSPS) is 16.0. The summed E-state index contributed by atoms with van der Waals surface area (Å²) in [5.41, 5.74) is -0.0853. The van der Waals surface area contributed by atoms with Gasteiger partial charge in [-0.3, -0.25) is 9.59 Å². The average molecular weight is 489 g/mol. The Morgan fingerprint density at radius 2 is 1.79 bits per heavy atom. The maximum atomic E-state index is 12.7. The predicted molar refractivity (Wildman–Crippen MR) is 137 cm³/mol. The van der Waals surface area contributed by atoms with Crippen molar-refractivity contribution in [1.82, 2.24) is 0 Å². The van der Waals surface area contributed by atoms with Crippen LogP contribution in [0.15, 0.2) is 12.2 Å². The second-order valence-corrected chi connectivity index (χ2v) is 10.2. The van der Waals surface area contributed by atoms with Gasteiger partial charge < -0.3 is 19.3 Å². The lowest BCUT2D eigenvalue weighted by Gasteiger charge is -2.27. The number of aliphatic hydroxyl groups is 1. The van der Waals surface area contributed by atoms with Gasteiger partial charge in [-0.05, 0) is 58.6 Å². The SMILES string of the molecule is C=C(C)C(O)CCSCC(C)C(=O)OCCOC(C)(CC)C(=O)CCCCCOC(C)CC. The van der Waals surface area contributed by atoms with E-state index in [4.69, 9.17) is 14.2 Å². The second-order valence-electron chi connectivity index (χ2n) is 9.05. The van der Waals surface area contributed by atoms with Crippen molar-refractivity contribution in [2.45, 2.75) is 104 Å². The molecule has 0 saturated carbocycles. The molecule has 0 fully saturated rings. The fraction of sp³-hybridized carbons (Fsp3) is 0.846. The molecular formula is C26H48O6S. The molecule has 0 aromatic rings. The molecule has 0 saturated heterocycles. The topological polar surface area (TPSA) is 82.1 Å². The third-order valence-corrected chi connectivity index (χ3v) is 7.17. The van der Waals surface area contributed by atoms with Crippen molar-refractivity contribution < 1.29 is 28.9 Å². The molecule has 6 nitrogen and oxygen atoms in total. The maximum Gasteiger partial charge on any atom is 0.309 e. The molecule has 0 aliphatic carbocycles. The molecule has 0 radical (unpaired) electrons. The van der Waals surface area contributed by atoms with Crippen molar-refractivity contribution in [2.24, 2.45) is 5.92 Å². The molecule has 1 N–H and O–H groups in total. The highest BCUT2D eigenvalue weighted by molar-refractivity contribution is 7.99. The summed E-state index contributed by atoms with van der Waals surface area (Å²) in [5, 5.41) is 9.73. The molecule has 0 spiro atoms. The van der Waals surface area contributed by atoms with E-state index in [2.05, 4.69) is 20.4 Å². The van der Waals surface area contributed by atoms with Gasteiger partial charge in [0.05, 0.1) is 24.7 Å². The number of carbonyl (C=O) groups excluding carboxylic acids is 2. The van der Waals surface area contributed by atoms with Crippen LogP contribution in [0.4, 0.5) is 0 Å². The van der Waals surface area contributed by atoms with E-state index in [1.165, 1.54) is 0 Å². The molecule has 0 bridgehead atoms. The van der Waals surface area contributed by atoms with Gasteiger partial charge in [0.2, 0.25) is 0 Å². The molecule has 4 atom stereocenters. The number of rotatable bonds is 21. The zero-order chi connectivity index (χ0) is 25.3. The first-order valence-corrected chi connectivity index (χ1v) is 13.6. The second kappa shape index (κ2) is 18.4. The summed E-state index contributed by atoms with van der Waals surface area (Å²) >= 11 is 1.62. The van der Waals surface area contributed by atoms with Crippen LogP contribution in [0.5, 0.6) is 0 Å². The van der Waals surface area contributed by atoms with Gasteiger partial charge in [-0.25, -0.2) is 0 Å². The number of Topliss-reactive ketones (excluding diaryl/α,β-unsaturated/α-hetero) is 1. The zero-order valence-corrected chi connectivity index (χ0v) is 22.6. The fourth-order valence-electron chi connectivity index (χ4n) is 2.93. The van der Waals surface area contributed by atoms with Gasteiger partial charge in [-0.1, -0.05) is 39.3 Å². The fourth-order valence-corrected chi connectivity index (χ4v) is 3.98. The first kappa shape index (κ1) is 32.1. The van der Waals surface area contributed by atoms with Crippen LogP contribution < -0.4 is 0 Å². The number of aliphatic hydroxyl groups excluding tert-OH is 1. The zero-order valence-electron chi connectivity index (χ0n) is 21.8. The highest BCUT2D eigenvalue weighted by Crippen LogP contribution is 2.20. The number of ketones is 1. The van der Waals surface area contributed by atoms with Crippen molar-refractivity contribution in [2.75, 3.05) is 31.3 Å². The van der Waals surface area contributed by atoms with E-state index in [0.717, 1.165) is 43.6 Å². The summed E-state index contributed by atoms with van der Waals surface area (Å²) < 4.78 is 16.8. The smallest absolute Gasteiger partial charge is 0.309 e. The Balaban J connectivity index is 4.07. The quantitative estimate of drug-likeness (QED) is 0.132. The molecule has 7 heteroatoms. The van der Waals surface area contributed by atoms with Crippen LogP contribution in [0.1, 0.15) is 86.5 Å². The Labute approximate surface area is 206 Å². The number of thioether (sulfide) groups is 1. The minimum atomic E-state index is -0.842. The number of esters is 1. The molecule has 4 unspecified atom stereocenters. The Kier molecular flexibility index (Phi) is 17.9. The molecule has 0 aliphatic rings. The first-order chi connectivity index (χ1) is 15.6. The van der Waals surface area contributed by atoms with Crippen LogP contribution >= 0.6 is 11.8 Å². The minimum absolute atomic E-state index is 0.0980. The van der Waals surface area contributed by atoms with Gasteiger partial charge in [0.15, 0.2) is 5.78 Å². The van der Waals surface area contributed by atoms with Crippen molar-refractivity contribution in [3.8, 4) is 0 Å². The van der Waals surface area contributed by atoms with Crippen LogP contribution in [0.2, 0.25) is 0 Å². The summed E-state index contributed by atoms with van der Waals surface area (Å²) in [6, 6.07) is 0. The lowest BCUT2D eigenvalue weighted by atomic mass is 9.93. The van der Waals surface area contributed by atoms with Gasteiger partial charge >= 0.3 is 5.97 Å². The van der Waals surface area contributed by atoms with E-state index in [1.807, 2.05) is 20.8 Å². The van der Waals surface area contributed by atoms with E-state index in [-0.39, 0.29) is 30.9 Å². The third-order valence-electron chi connectivity index (χ3n) is 5.91. The average Bonchev–Trinajstić information content (AvgIpc) is 2.80. The van der Waals surface area contributed by atoms with E-state index in [1.54, 1.807) is 18.7 Å². The molecule has 0 aliphatic heterocycles. The maximum absolute atomic E-state index is 12.7. The number of hydrogen-bond acceptors (Lipinski definition) is 7. The summed E-state index contributed by atoms with van der Waals surface area (Å²) in [5.74, 6) is 0.990. The highest BCUT2D eigenvalue weighted by atomic mass is 32.2. The lowest BCUT2D eigenvalue weighted by molar-refractivity contribution is -0.154. The van der Waals surface area contributed by atoms with E-state index >= 15 is 0 Å². The number of unbranched alkanes of at least 4 members (excludes halogenated alkanes) is 2. The predicted octanol–water partition coefficient (Wildman–Crippen LogP) is 5.36. The summed E-state index contributed by atoms with van der Waals surface area (Å²) in [6.45, 7) is 16.4. The van der Waals surface area contributed by atoms with Gasteiger partial charge in [-0.2, -0.15) is 11.8 Å². The van der Waals surface area contributed by atoms with Gasteiger partial charge in [0.25, 0.3) is 0 Å². The highest BCUT2D eigenvalue weighted by Gasteiger charge is 2.31. The first-order valence-electron chi connectivity index (χ1n) is 12.4. The molecule has 0 aromatic heterocycles. The lowest BCUT2D eigenvalue weighted by Crippen LogP contribution is -2.39. The van der Waals surface area contributed by atoms with Crippen molar-refractivity contribution in [1.29, 1.82) is 0 Å². The monoisotopic (exact) mass is 488 g/mol. The molecule has 33 heavy (non-hydrogen) atoms.